The van der Waals surface area contributed by atoms with Gasteiger partial charge in [-0.3, -0.25) is 9.59 Å². The Morgan fingerprint density at radius 3 is 2.32 bits per heavy atom. The lowest BCUT2D eigenvalue weighted by atomic mass is 9.84. The molecule has 2 fully saturated rings. The molecule has 2 aliphatic carbocycles. The highest BCUT2D eigenvalue weighted by molar-refractivity contribution is 5.96. The first-order valence-corrected chi connectivity index (χ1v) is 8.26. The van der Waals surface area contributed by atoms with Crippen molar-refractivity contribution in [2.75, 3.05) is 11.9 Å². The highest BCUT2D eigenvalue weighted by Crippen LogP contribution is 2.47. The third kappa shape index (κ3) is 3.95. The predicted octanol–water partition coefficient (Wildman–Crippen LogP) is 2.29. The van der Waals surface area contributed by atoms with Crippen LogP contribution >= 0.6 is 0 Å². The van der Waals surface area contributed by atoms with Crippen LogP contribution in [0.2, 0.25) is 0 Å². The van der Waals surface area contributed by atoms with Gasteiger partial charge in [-0.25, -0.2) is 0 Å². The molecule has 0 aliphatic heterocycles. The lowest BCUT2D eigenvalue weighted by Crippen LogP contribution is -2.42. The van der Waals surface area contributed by atoms with E-state index >= 15 is 0 Å². The fraction of sp³-hybridized carbons (Fsp3) is 0.529. The summed E-state index contributed by atoms with van der Waals surface area (Å²) < 4.78 is 36.3. The number of carbonyl (C=O) groups is 2. The van der Waals surface area contributed by atoms with E-state index < -0.39 is 18.6 Å². The van der Waals surface area contributed by atoms with Crippen LogP contribution in [0.15, 0.2) is 24.3 Å². The largest absolute Gasteiger partial charge is 0.405 e. The van der Waals surface area contributed by atoms with Crippen LogP contribution in [0.4, 0.5) is 18.9 Å². The molecule has 0 spiro atoms. The van der Waals surface area contributed by atoms with Gasteiger partial charge in [0.1, 0.15) is 6.54 Å². The van der Waals surface area contributed by atoms with Crippen LogP contribution in [0.25, 0.3) is 0 Å². The Balaban J connectivity index is 1.57. The minimum atomic E-state index is -4.46. The molecule has 0 radical (unpaired) electrons. The number of rotatable bonds is 4. The van der Waals surface area contributed by atoms with Gasteiger partial charge in [0.25, 0.3) is 5.91 Å². The highest BCUT2D eigenvalue weighted by atomic mass is 19.4. The van der Waals surface area contributed by atoms with Crippen molar-refractivity contribution in [3.05, 3.63) is 29.8 Å². The van der Waals surface area contributed by atoms with E-state index in [4.69, 9.17) is 5.73 Å². The number of hydrogen-bond donors (Lipinski definition) is 3. The third-order valence-electron chi connectivity index (χ3n) is 5.15. The fourth-order valence-corrected chi connectivity index (χ4v) is 3.94. The minimum Gasteiger partial charge on any atom is -0.343 e. The Labute approximate surface area is 143 Å². The number of benzene rings is 1. The van der Waals surface area contributed by atoms with Gasteiger partial charge in [0, 0.05) is 17.3 Å². The molecule has 5 nitrogen and oxygen atoms in total. The van der Waals surface area contributed by atoms with Gasteiger partial charge in [0.2, 0.25) is 5.91 Å². The molecule has 4 unspecified atom stereocenters. The number of anilines is 1. The van der Waals surface area contributed by atoms with Crippen molar-refractivity contribution in [1.82, 2.24) is 5.32 Å². The zero-order valence-corrected chi connectivity index (χ0v) is 13.5. The van der Waals surface area contributed by atoms with E-state index in [1.54, 1.807) is 5.32 Å². The molecule has 0 aromatic heterocycles. The minimum absolute atomic E-state index is 0.0962. The second-order valence-corrected chi connectivity index (χ2v) is 6.80. The van der Waals surface area contributed by atoms with Crippen LogP contribution in [-0.4, -0.2) is 30.6 Å². The Morgan fingerprint density at radius 1 is 1.12 bits per heavy atom. The van der Waals surface area contributed by atoms with E-state index in [-0.39, 0.29) is 23.4 Å². The average molecular weight is 355 g/mol. The molecule has 8 heteroatoms. The number of nitrogens with one attached hydrogen (secondary N) is 2. The Kier molecular flexibility index (Phi) is 4.73. The Morgan fingerprint density at radius 2 is 1.76 bits per heavy atom. The van der Waals surface area contributed by atoms with Gasteiger partial charge in [-0.05, 0) is 55.4 Å². The van der Waals surface area contributed by atoms with E-state index in [9.17, 15) is 22.8 Å². The highest BCUT2D eigenvalue weighted by Gasteiger charge is 2.49. The van der Waals surface area contributed by atoms with Gasteiger partial charge in [0.15, 0.2) is 0 Å². The number of carbonyl (C=O) groups excluding carboxylic acids is 2. The first kappa shape index (κ1) is 17.7. The zero-order chi connectivity index (χ0) is 18.2. The normalized spacial score (nSPS) is 28.0. The molecule has 2 bridgehead atoms. The van der Waals surface area contributed by atoms with Crippen LogP contribution in [0, 0.1) is 17.8 Å². The maximum atomic E-state index is 12.5. The SMILES string of the molecule is NC1C2CCC(C2)C1C(=O)Nc1ccc(C(=O)NCC(F)(F)F)cc1. The summed E-state index contributed by atoms with van der Waals surface area (Å²) in [6, 6.07) is 5.63. The van der Waals surface area contributed by atoms with Crippen molar-refractivity contribution in [2.24, 2.45) is 23.5 Å². The second-order valence-electron chi connectivity index (χ2n) is 6.80. The molecular formula is C17H20F3N3O2. The lowest BCUT2D eigenvalue weighted by molar-refractivity contribution is -0.123. The molecule has 1 aromatic rings. The van der Waals surface area contributed by atoms with E-state index in [1.807, 2.05) is 0 Å². The van der Waals surface area contributed by atoms with E-state index in [2.05, 4.69) is 5.32 Å². The van der Waals surface area contributed by atoms with Crippen molar-refractivity contribution in [2.45, 2.75) is 31.5 Å². The van der Waals surface area contributed by atoms with Crippen molar-refractivity contribution in [1.29, 1.82) is 0 Å². The van der Waals surface area contributed by atoms with Gasteiger partial charge >= 0.3 is 6.18 Å². The van der Waals surface area contributed by atoms with E-state index in [1.165, 1.54) is 24.3 Å². The van der Waals surface area contributed by atoms with Gasteiger partial charge in [-0.2, -0.15) is 13.2 Å². The molecule has 0 heterocycles. The molecule has 136 valence electrons. The zero-order valence-electron chi connectivity index (χ0n) is 13.5. The van der Waals surface area contributed by atoms with Gasteiger partial charge in [-0.15, -0.1) is 0 Å². The first-order chi connectivity index (χ1) is 11.7. The number of nitrogens with two attached hydrogens (primary N) is 1. The maximum Gasteiger partial charge on any atom is 0.405 e. The lowest BCUT2D eigenvalue weighted by Gasteiger charge is -2.27. The summed E-state index contributed by atoms with van der Waals surface area (Å²) in [6.45, 7) is -1.38. The number of amides is 2. The van der Waals surface area contributed by atoms with Crippen molar-refractivity contribution in [3.8, 4) is 0 Å². The smallest absolute Gasteiger partial charge is 0.343 e. The van der Waals surface area contributed by atoms with Crippen LogP contribution in [-0.2, 0) is 4.79 Å². The Bertz CT molecular complexity index is 658. The first-order valence-electron chi connectivity index (χ1n) is 8.26. The molecule has 2 amide bonds. The van der Waals surface area contributed by atoms with Crippen molar-refractivity contribution >= 4 is 17.5 Å². The Hall–Kier alpha value is -2.09. The molecule has 3 rings (SSSR count). The van der Waals surface area contributed by atoms with Crippen molar-refractivity contribution in [3.63, 3.8) is 0 Å². The quantitative estimate of drug-likeness (QED) is 0.775. The second kappa shape index (κ2) is 6.67. The number of hydrogen-bond acceptors (Lipinski definition) is 3. The topological polar surface area (TPSA) is 84.2 Å². The number of fused-ring (bicyclic) bond motifs is 2. The molecule has 2 saturated carbocycles. The summed E-state index contributed by atoms with van der Waals surface area (Å²) in [5, 5.41) is 4.59. The molecular weight excluding hydrogens is 335 g/mol. The summed E-state index contributed by atoms with van der Waals surface area (Å²) in [5.41, 5.74) is 6.73. The monoisotopic (exact) mass is 355 g/mol. The number of halogens is 3. The van der Waals surface area contributed by atoms with Crippen LogP contribution < -0.4 is 16.4 Å². The van der Waals surface area contributed by atoms with Crippen LogP contribution in [0.5, 0.6) is 0 Å². The predicted molar refractivity (Wildman–Crippen MR) is 85.8 cm³/mol. The summed E-state index contributed by atoms with van der Waals surface area (Å²) >= 11 is 0. The summed E-state index contributed by atoms with van der Waals surface area (Å²) in [6.07, 6.45) is -1.35. The average Bonchev–Trinajstić information content (AvgIpc) is 3.13. The van der Waals surface area contributed by atoms with Crippen LogP contribution in [0.1, 0.15) is 29.6 Å². The standard InChI is InChI=1S/C17H20F3N3O2/c18-17(19,20)8-22-15(24)9-3-5-12(6-4-9)23-16(25)13-10-1-2-11(7-10)14(13)21/h3-6,10-11,13-14H,1-2,7-8,21H2,(H,22,24)(H,23,25). The molecule has 4 N–H and O–H groups in total. The summed E-state index contributed by atoms with van der Waals surface area (Å²) in [5.74, 6) is -0.402. The van der Waals surface area contributed by atoms with Crippen molar-refractivity contribution < 1.29 is 22.8 Å². The van der Waals surface area contributed by atoms with Gasteiger partial charge in [0.05, 0.1) is 5.92 Å². The maximum absolute atomic E-state index is 12.5. The molecule has 25 heavy (non-hydrogen) atoms. The van der Waals surface area contributed by atoms with Gasteiger partial charge < -0.3 is 16.4 Å². The fourth-order valence-electron chi connectivity index (χ4n) is 3.94. The molecule has 1 aromatic carbocycles. The third-order valence-corrected chi connectivity index (χ3v) is 5.15. The number of alkyl halides is 3. The van der Waals surface area contributed by atoms with Gasteiger partial charge in [-0.1, -0.05) is 0 Å². The summed E-state index contributed by atoms with van der Waals surface area (Å²) in [4.78, 5) is 24.1. The van der Waals surface area contributed by atoms with E-state index in [0.29, 0.717) is 17.5 Å². The van der Waals surface area contributed by atoms with E-state index in [0.717, 1.165) is 19.3 Å². The molecule has 2 aliphatic rings. The summed E-state index contributed by atoms with van der Waals surface area (Å²) in [7, 11) is 0. The van der Waals surface area contributed by atoms with Crippen LogP contribution in [0.3, 0.4) is 0 Å². The molecule has 0 saturated heterocycles. The molecule has 4 atom stereocenters.